The molecule has 206 valence electrons. The summed E-state index contributed by atoms with van der Waals surface area (Å²) in [5.41, 5.74) is 3.64. The SMILES string of the molecule is CC1=C(C(=O)Nc2ccc(Oc3ccnn4ccc(-c5ccncc5)c34)c(F)c2)C(O)N(c2ccc(F)cc2)N1C. The number of nitrogens with zero attached hydrogens (tertiary/aromatic N) is 5. The number of ether oxygens (including phenoxy) is 1. The summed E-state index contributed by atoms with van der Waals surface area (Å²) >= 11 is 0. The average Bonchev–Trinajstić information content (AvgIpc) is 3.50. The Balaban J connectivity index is 1.22. The molecular formula is C30H24F2N6O3. The van der Waals surface area contributed by atoms with Gasteiger partial charge in [0.25, 0.3) is 5.91 Å². The zero-order chi connectivity index (χ0) is 28.7. The molecule has 5 aromatic rings. The summed E-state index contributed by atoms with van der Waals surface area (Å²) in [5, 5.41) is 21.0. The van der Waals surface area contributed by atoms with Crippen LogP contribution in [0, 0.1) is 11.6 Å². The number of allylic oxidation sites excluding steroid dienone is 1. The van der Waals surface area contributed by atoms with E-state index in [-0.39, 0.29) is 17.0 Å². The summed E-state index contributed by atoms with van der Waals surface area (Å²) < 4.78 is 36.2. The first-order chi connectivity index (χ1) is 19.8. The Morgan fingerprint density at radius 1 is 0.976 bits per heavy atom. The molecule has 3 aromatic heterocycles. The number of fused-ring (bicyclic) bond motifs is 1. The van der Waals surface area contributed by atoms with Gasteiger partial charge >= 0.3 is 0 Å². The second kappa shape index (κ2) is 10.4. The number of hydrazine groups is 1. The van der Waals surface area contributed by atoms with Gasteiger partial charge in [-0.25, -0.2) is 13.3 Å². The number of anilines is 2. The van der Waals surface area contributed by atoms with Crippen molar-refractivity contribution in [2.24, 2.45) is 0 Å². The summed E-state index contributed by atoms with van der Waals surface area (Å²) in [6, 6.07) is 16.9. The number of amides is 1. The number of rotatable bonds is 6. The topological polar surface area (TPSA) is 95.2 Å². The number of nitrogens with one attached hydrogen (secondary N) is 1. The Bertz CT molecular complexity index is 1790. The number of hydrogen-bond donors (Lipinski definition) is 2. The molecule has 2 N–H and O–H groups in total. The minimum absolute atomic E-state index is 0.0449. The van der Waals surface area contributed by atoms with Crippen molar-refractivity contribution in [1.82, 2.24) is 19.6 Å². The van der Waals surface area contributed by atoms with Crippen LogP contribution in [0.5, 0.6) is 11.5 Å². The Morgan fingerprint density at radius 2 is 1.73 bits per heavy atom. The summed E-state index contributed by atoms with van der Waals surface area (Å²) in [5.74, 6) is -1.37. The maximum atomic E-state index is 15.2. The first-order valence-corrected chi connectivity index (χ1v) is 12.6. The second-order valence-corrected chi connectivity index (χ2v) is 9.37. The Kier molecular flexibility index (Phi) is 6.56. The highest BCUT2D eigenvalue weighted by Gasteiger charge is 2.38. The number of pyridine rings is 1. The minimum Gasteiger partial charge on any atom is -0.452 e. The fourth-order valence-electron chi connectivity index (χ4n) is 4.84. The third-order valence-electron chi connectivity index (χ3n) is 6.94. The van der Waals surface area contributed by atoms with E-state index < -0.39 is 23.8 Å². The Morgan fingerprint density at radius 3 is 2.46 bits per heavy atom. The standard InChI is InChI=1S/C30H24F2N6O3/c1-18-27(30(40)38(36(18)2)22-6-3-20(31)4-7-22)29(39)35-21-5-8-25(24(32)17-21)41-26-11-15-34-37-16-12-23(28(26)37)19-9-13-33-14-10-19/h3-17,30,40H,1-2H3,(H,35,39). The van der Waals surface area contributed by atoms with Crippen LogP contribution < -0.4 is 15.1 Å². The Labute approximate surface area is 233 Å². The van der Waals surface area contributed by atoms with Gasteiger partial charge in [0.05, 0.1) is 17.5 Å². The van der Waals surface area contributed by atoms with E-state index >= 15 is 4.39 Å². The fourth-order valence-corrected chi connectivity index (χ4v) is 4.84. The van der Waals surface area contributed by atoms with Crippen molar-refractivity contribution >= 4 is 22.8 Å². The van der Waals surface area contributed by atoms with Gasteiger partial charge in [-0.05, 0) is 67.1 Å². The molecule has 0 spiro atoms. The van der Waals surface area contributed by atoms with Gasteiger partial charge < -0.3 is 15.2 Å². The lowest BCUT2D eigenvalue weighted by molar-refractivity contribution is -0.113. The van der Waals surface area contributed by atoms with Crippen LogP contribution in [0.1, 0.15) is 6.92 Å². The predicted octanol–water partition coefficient (Wildman–Crippen LogP) is 5.36. The molecule has 11 heteroatoms. The van der Waals surface area contributed by atoms with Gasteiger partial charge in [-0.2, -0.15) is 5.10 Å². The maximum Gasteiger partial charge on any atom is 0.258 e. The first-order valence-electron chi connectivity index (χ1n) is 12.6. The van der Waals surface area contributed by atoms with E-state index in [2.05, 4.69) is 15.4 Å². The van der Waals surface area contributed by atoms with Gasteiger partial charge in [0.15, 0.2) is 23.5 Å². The number of carbonyl (C=O) groups excluding carboxylic acids is 1. The van der Waals surface area contributed by atoms with Gasteiger partial charge in [0, 0.05) is 54.7 Å². The quantitative estimate of drug-likeness (QED) is 0.292. The van der Waals surface area contributed by atoms with Crippen molar-refractivity contribution in [2.45, 2.75) is 13.2 Å². The molecule has 1 unspecified atom stereocenters. The number of aliphatic hydroxyl groups excluding tert-OH is 1. The van der Waals surface area contributed by atoms with E-state index in [1.165, 1.54) is 41.4 Å². The zero-order valence-electron chi connectivity index (χ0n) is 22.0. The van der Waals surface area contributed by atoms with Gasteiger partial charge in [0.1, 0.15) is 11.3 Å². The van der Waals surface area contributed by atoms with Crippen LogP contribution in [-0.4, -0.2) is 43.9 Å². The van der Waals surface area contributed by atoms with E-state index in [4.69, 9.17) is 4.74 Å². The molecule has 0 fully saturated rings. The van der Waals surface area contributed by atoms with Gasteiger partial charge in [-0.3, -0.25) is 19.8 Å². The second-order valence-electron chi connectivity index (χ2n) is 9.37. The highest BCUT2D eigenvalue weighted by atomic mass is 19.1. The van der Waals surface area contributed by atoms with Crippen molar-refractivity contribution < 1.29 is 23.4 Å². The summed E-state index contributed by atoms with van der Waals surface area (Å²) in [6.07, 6.45) is 5.38. The molecule has 0 saturated heterocycles. The van der Waals surface area contributed by atoms with Crippen LogP contribution in [0.2, 0.25) is 0 Å². The lowest BCUT2D eigenvalue weighted by Gasteiger charge is -2.31. The number of benzene rings is 2. The van der Waals surface area contributed by atoms with Crippen molar-refractivity contribution in [3.63, 3.8) is 0 Å². The van der Waals surface area contributed by atoms with Gasteiger partial charge in [-0.1, -0.05) is 0 Å². The van der Waals surface area contributed by atoms with Crippen LogP contribution in [0.3, 0.4) is 0 Å². The van der Waals surface area contributed by atoms with Crippen LogP contribution in [0.25, 0.3) is 16.6 Å². The van der Waals surface area contributed by atoms with Crippen molar-refractivity contribution in [1.29, 1.82) is 0 Å². The molecule has 41 heavy (non-hydrogen) atoms. The van der Waals surface area contributed by atoms with Crippen molar-refractivity contribution in [3.05, 3.63) is 114 Å². The van der Waals surface area contributed by atoms with Gasteiger partial charge in [-0.15, -0.1) is 0 Å². The molecule has 2 aromatic carbocycles. The number of carbonyl (C=O) groups is 1. The van der Waals surface area contributed by atoms with Crippen LogP contribution in [-0.2, 0) is 4.79 Å². The number of hydrogen-bond acceptors (Lipinski definition) is 7. The molecule has 0 aliphatic carbocycles. The molecule has 1 aliphatic heterocycles. The smallest absolute Gasteiger partial charge is 0.258 e. The van der Waals surface area contributed by atoms with E-state index in [1.54, 1.807) is 54.3 Å². The molecule has 0 saturated carbocycles. The lowest BCUT2D eigenvalue weighted by atomic mass is 10.1. The highest BCUT2D eigenvalue weighted by Crippen LogP contribution is 2.36. The summed E-state index contributed by atoms with van der Waals surface area (Å²) in [4.78, 5) is 17.2. The minimum atomic E-state index is -1.33. The molecule has 0 bridgehead atoms. The molecule has 6 rings (SSSR count). The molecule has 1 aliphatic rings. The normalized spacial score (nSPS) is 15.1. The largest absolute Gasteiger partial charge is 0.452 e. The Hall–Kier alpha value is -5.29. The van der Waals surface area contributed by atoms with E-state index in [0.717, 1.165) is 17.2 Å². The fraction of sp³-hybridized carbons (Fsp3) is 0.100. The summed E-state index contributed by atoms with van der Waals surface area (Å²) in [7, 11) is 1.68. The van der Waals surface area contributed by atoms with Crippen LogP contribution in [0.4, 0.5) is 20.2 Å². The highest BCUT2D eigenvalue weighted by molar-refractivity contribution is 6.05. The predicted molar refractivity (Wildman–Crippen MR) is 149 cm³/mol. The van der Waals surface area contributed by atoms with Crippen molar-refractivity contribution in [3.8, 4) is 22.6 Å². The molecule has 1 amide bonds. The third kappa shape index (κ3) is 4.72. The third-order valence-corrected chi connectivity index (χ3v) is 6.94. The van der Waals surface area contributed by atoms with E-state index in [0.29, 0.717) is 22.7 Å². The van der Waals surface area contributed by atoms with Crippen molar-refractivity contribution in [2.75, 3.05) is 17.4 Å². The van der Waals surface area contributed by atoms with Gasteiger partial charge in [0.2, 0.25) is 0 Å². The zero-order valence-corrected chi connectivity index (χ0v) is 22.0. The number of aliphatic hydroxyl groups is 1. The van der Waals surface area contributed by atoms with E-state index in [1.807, 2.05) is 18.2 Å². The van der Waals surface area contributed by atoms with Crippen LogP contribution >= 0.6 is 0 Å². The maximum absolute atomic E-state index is 15.2. The van der Waals surface area contributed by atoms with Crippen LogP contribution in [0.15, 0.2) is 103 Å². The molecule has 4 heterocycles. The first kappa shape index (κ1) is 26.0. The number of aromatic nitrogens is 3. The molecule has 9 nitrogen and oxygen atoms in total. The van der Waals surface area contributed by atoms with E-state index in [9.17, 15) is 14.3 Å². The number of halogens is 2. The average molecular weight is 555 g/mol. The molecule has 0 radical (unpaired) electrons. The molecule has 1 atom stereocenters. The lowest BCUT2D eigenvalue weighted by Crippen LogP contribution is -2.41. The monoisotopic (exact) mass is 554 g/mol. The molecular weight excluding hydrogens is 530 g/mol. The summed E-state index contributed by atoms with van der Waals surface area (Å²) in [6.45, 7) is 1.68.